The van der Waals surface area contributed by atoms with E-state index in [0.717, 1.165) is 22.1 Å². The van der Waals surface area contributed by atoms with Gasteiger partial charge in [-0.05, 0) is 57.0 Å². The van der Waals surface area contributed by atoms with Crippen molar-refractivity contribution >= 4 is 33.1 Å². The normalized spacial score (nSPS) is 17.2. The van der Waals surface area contributed by atoms with E-state index in [1.54, 1.807) is 32.0 Å². The van der Waals surface area contributed by atoms with E-state index in [0.29, 0.717) is 60.3 Å². The lowest BCUT2D eigenvalue weighted by Gasteiger charge is -2.30. The summed E-state index contributed by atoms with van der Waals surface area (Å²) < 4.78 is 61.2. The van der Waals surface area contributed by atoms with Gasteiger partial charge in [0.05, 0.1) is 28.2 Å². The molecule has 42 heavy (non-hydrogen) atoms. The van der Waals surface area contributed by atoms with E-state index in [1.165, 1.54) is 0 Å². The molecule has 3 aromatic rings. The molecule has 0 radical (unpaired) electrons. The maximum absolute atomic E-state index is 13.9. The Morgan fingerprint density at radius 2 is 1.79 bits per heavy atom. The van der Waals surface area contributed by atoms with Crippen LogP contribution in [0.2, 0.25) is 0 Å². The molecular formula is C29H33F2N5O5S. The quantitative estimate of drug-likeness (QED) is 0.374. The average molecular weight is 602 g/mol. The highest BCUT2D eigenvalue weighted by molar-refractivity contribution is 7.89. The molecule has 0 unspecified atom stereocenters. The number of sulfonamides is 1. The highest BCUT2D eigenvalue weighted by atomic mass is 32.2. The van der Waals surface area contributed by atoms with Crippen molar-refractivity contribution in [3.8, 4) is 0 Å². The Balaban J connectivity index is 1.42. The van der Waals surface area contributed by atoms with Crippen LogP contribution in [0, 0.1) is 17.6 Å². The number of ether oxygens (including phenoxy) is 1. The summed E-state index contributed by atoms with van der Waals surface area (Å²) in [6.45, 7) is 4.15. The molecular weight excluding hydrogens is 568 g/mol. The summed E-state index contributed by atoms with van der Waals surface area (Å²) in [5, 5.41) is 10.2. The zero-order valence-corrected chi connectivity index (χ0v) is 24.6. The number of H-pyrrole nitrogens is 1. The highest BCUT2D eigenvalue weighted by Gasteiger charge is 2.48. The monoisotopic (exact) mass is 601 g/mol. The minimum absolute atomic E-state index is 0.137. The van der Waals surface area contributed by atoms with Gasteiger partial charge in [0.2, 0.25) is 15.9 Å². The topological polar surface area (TPSA) is 125 Å². The van der Waals surface area contributed by atoms with Crippen molar-refractivity contribution in [2.45, 2.75) is 50.1 Å². The Hall–Kier alpha value is -3.68. The number of hydrogen-bond donors (Lipinski definition) is 2. The average Bonchev–Trinajstić information content (AvgIpc) is 3.46. The minimum Gasteiger partial charge on any atom is -0.381 e. The van der Waals surface area contributed by atoms with Gasteiger partial charge in [-0.15, -0.1) is 0 Å². The number of nitrogens with zero attached hydrogens (tertiary/aromatic N) is 3. The number of amides is 1. The first-order valence-electron chi connectivity index (χ1n) is 13.6. The van der Waals surface area contributed by atoms with Gasteiger partial charge in [0.25, 0.3) is 0 Å². The zero-order valence-electron chi connectivity index (χ0n) is 23.8. The Morgan fingerprint density at radius 3 is 2.43 bits per heavy atom. The van der Waals surface area contributed by atoms with Gasteiger partial charge in [-0.3, -0.25) is 14.7 Å². The van der Waals surface area contributed by atoms with E-state index >= 15 is 0 Å². The van der Waals surface area contributed by atoms with Crippen LogP contribution in [0.5, 0.6) is 0 Å². The summed E-state index contributed by atoms with van der Waals surface area (Å²) >= 11 is 0. The molecule has 0 saturated carbocycles. The Bertz CT molecular complexity index is 1630. The lowest BCUT2D eigenvalue weighted by atomic mass is 9.97. The molecule has 0 spiro atoms. The van der Waals surface area contributed by atoms with Gasteiger partial charge >= 0.3 is 0 Å². The van der Waals surface area contributed by atoms with Crippen LogP contribution in [-0.2, 0) is 38.1 Å². The summed E-state index contributed by atoms with van der Waals surface area (Å²) in [5.74, 6) is -2.71. The van der Waals surface area contributed by atoms with E-state index < -0.39 is 32.1 Å². The number of carbonyl (C=O) groups is 2. The second-order valence-electron chi connectivity index (χ2n) is 11.3. The Kier molecular flexibility index (Phi) is 7.94. The first-order valence-corrected chi connectivity index (χ1v) is 15.0. The number of ketones is 1. The van der Waals surface area contributed by atoms with Crippen molar-refractivity contribution in [3.63, 3.8) is 0 Å². The number of carbonyl (C=O) groups excluding carboxylic acids is 2. The van der Waals surface area contributed by atoms with Crippen LogP contribution in [0.4, 0.5) is 20.2 Å². The summed E-state index contributed by atoms with van der Waals surface area (Å²) in [6.07, 6.45) is 1.06. The fourth-order valence-electron chi connectivity index (χ4n) is 5.48. The molecule has 5 rings (SSSR count). The van der Waals surface area contributed by atoms with Crippen LogP contribution in [0.3, 0.4) is 0 Å². The molecule has 13 heteroatoms. The summed E-state index contributed by atoms with van der Waals surface area (Å²) in [4.78, 5) is 28.1. The van der Waals surface area contributed by atoms with Crippen molar-refractivity contribution in [1.29, 1.82) is 0 Å². The number of benzene rings is 2. The number of hydrogen-bond acceptors (Lipinski definition) is 7. The second kappa shape index (κ2) is 11.2. The van der Waals surface area contributed by atoms with Gasteiger partial charge in [-0.25, -0.2) is 17.2 Å². The van der Waals surface area contributed by atoms with Gasteiger partial charge in [-0.2, -0.15) is 9.40 Å². The predicted octanol–water partition coefficient (Wildman–Crippen LogP) is 3.98. The third kappa shape index (κ3) is 5.55. The number of halogens is 2. The van der Waals surface area contributed by atoms with Crippen molar-refractivity contribution in [1.82, 2.24) is 14.5 Å². The molecule has 0 atom stereocenters. The number of aromatic amines is 1. The third-order valence-electron chi connectivity index (χ3n) is 7.89. The van der Waals surface area contributed by atoms with Crippen LogP contribution < -0.4 is 10.2 Å². The Morgan fingerprint density at radius 1 is 1.12 bits per heavy atom. The zero-order chi connectivity index (χ0) is 30.4. The molecule has 2 aliphatic heterocycles. The number of fused-ring (bicyclic) bond motifs is 1. The molecule has 224 valence electrons. The minimum atomic E-state index is -4.32. The predicted molar refractivity (Wildman–Crippen MR) is 152 cm³/mol. The van der Waals surface area contributed by atoms with Crippen LogP contribution in [-0.4, -0.2) is 61.9 Å². The van der Waals surface area contributed by atoms with Crippen molar-refractivity contribution in [2.24, 2.45) is 5.92 Å². The first-order chi connectivity index (χ1) is 19.8. The first kappa shape index (κ1) is 29.8. The maximum atomic E-state index is 13.9. The number of aromatic nitrogens is 2. The Labute approximate surface area is 243 Å². The molecule has 1 amide bonds. The van der Waals surface area contributed by atoms with Crippen LogP contribution in [0.1, 0.15) is 54.0 Å². The molecule has 1 saturated heterocycles. The SMILES string of the molecule is CN(C)c1ccc(C(=O)Cc2[nH]nc3c2CN(S(=O)(=O)c2cc(F)cc(F)c2)C3(C)C)c(NC(=O)C2CCOCC2)c1. The molecule has 2 aliphatic rings. The smallest absolute Gasteiger partial charge is 0.244 e. The van der Waals surface area contributed by atoms with Crippen molar-refractivity contribution in [3.05, 3.63) is 70.5 Å². The largest absolute Gasteiger partial charge is 0.381 e. The van der Waals surface area contributed by atoms with Gasteiger partial charge < -0.3 is 15.0 Å². The van der Waals surface area contributed by atoms with Crippen LogP contribution in [0.15, 0.2) is 41.3 Å². The molecule has 0 aliphatic carbocycles. The van der Waals surface area contributed by atoms with Gasteiger partial charge in [0, 0.05) is 68.3 Å². The lowest BCUT2D eigenvalue weighted by Crippen LogP contribution is -2.40. The van der Waals surface area contributed by atoms with Gasteiger partial charge in [-0.1, -0.05) is 0 Å². The fourth-order valence-corrected chi connectivity index (χ4v) is 7.24. The summed E-state index contributed by atoms with van der Waals surface area (Å²) in [7, 11) is -0.605. The molecule has 1 fully saturated rings. The van der Waals surface area contributed by atoms with Gasteiger partial charge in [0.1, 0.15) is 11.6 Å². The van der Waals surface area contributed by atoms with E-state index in [1.807, 2.05) is 19.0 Å². The number of Topliss-reactive ketones (excluding diaryl/α,β-unsaturated/α-hetero) is 1. The molecule has 2 N–H and O–H groups in total. The van der Waals surface area contributed by atoms with E-state index in [9.17, 15) is 26.8 Å². The standard InChI is InChI=1S/C29H33F2N5O5S/c1-29(2)27-23(16-36(29)42(39,40)21-12-18(30)11-19(31)13-21)25(33-34-27)15-26(37)22-6-5-20(35(3)4)14-24(22)32-28(38)17-7-9-41-10-8-17/h5-6,11-14,17H,7-10,15-16H2,1-4H3,(H,32,38)(H,33,34). The fraction of sp³-hybridized carbons (Fsp3) is 0.414. The third-order valence-corrected chi connectivity index (χ3v) is 9.89. The molecule has 3 heterocycles. The molecule has 1 aromatic heterocycles. The van der Waals surface area contributed by atoms with Crippen LogP contribution >= 0.6 is 0 Å². The van der Waals surface area contributed by atoms with Crippen molar-refractivity contribution < 1.29 is 31.5 Å². The lowest BCUT2D eigenvalue weighted by molar-refractivity contribution is -0.122. The van der Waals surface area contributed by atoms with E-state index in [-0.39, 0.29) is 30.6 Å². The van der Waals surface area contributed by atoms with E-state index in [4.69, 9.17) is 4.74 Å². The second-order valence-corrected chi connectivity index (χ2v) is 13.2. The maximum Gasteiger partial charge on any atom is 0.244 e. The summed E-state index contributed by atoms with van der Waals surface area (Å²) in [6, 6.07) is 7.34. The van der Waals surface area contributed by atoms with E-state index in [2.05, 4.69) is 15.5 Å². The van der Waals surface area contributed by atoms with Crippen LogP contribution in [0.25, 0.3) is 0 Å². The summed E-state index contributed by atoms with van der Waals surface area (Å²) in [5.41, 5.74) is 1.69. The number of anilines is 2. The number of nitrogens with one attached hydrogen (secondary N) is 2. The van der Waals surface area contributed by atoms with Crippen molar-refractivity contribution in [2.75, 3.05) is 37.5 Å². The number of rotatable bonds is 8. The molecule has 2 aromatic carbocycles. The van der Waals surface area contributed by atoms with Gasteiger partial charge in [0.15, 0.2) is 5.78 Å². The molecule has 0 bridgehead atoms. The molecule has 10 nitrogen and oxygen atoms in total. The highest BCUT2D eigenvalue weighted by Crippen LogP contribution is 2.43.